The summed E-state index contributed by atoms with van der Waals surface area (Å²) >= 11 is 0. The van der Waals surface area contributed by atoms with Gasteiger partial charge in [-0.15, -0.1) is 0 Å². The minimum Gasteiger partial charge on any atom is -0.435 e. The molecule has 6 rings (SSSR count). The molecule has 3 fully saturated rings. The van der Waals surface area contributed by atoms with Crippen molar-refractivity contribution in [2.75, 3.05) is 0 Å². The molecule has 1 aromatic carbocycles. The van der Waals surface area contributed by atoms with Gasteiger partial charge in [-0.1, -0.05) is 0 Å². The van der Waals surface area contributed by atoms with E-state index in [1.807, 2.05) is 4.90 Å². The summed E-state index contributed by atoms with van der Waals surface area (Å²) in [7, 11) is 0. The van der Waals surface area contributed by atoms with Gasteiger partial charge in [0.15, 0.2) is 0 Å². The van der Waals surface area contributed by atoms with Gasteiger partial charge < -0.3 is 9.64 Å². The molecule has 0 unspecified atom stereocenters. The van der Waals surface area contributed by atoms with Gasteiger partial charge in [-0.25, -0.2) is 18.3 Å². The van der Waals surface area contributed by atoms with Gasteiger partial charge in [-0.05, 0) is 74.3 Å². The first-order chi connectivity index (χ1) is 16.9. The zero-order valence-electron chi connectivity index (χ0n) is 18.7. The van der Waals surface area contributed by atoms with Crippen molar-refractivity contribution in [2.45, 2.75) is 75.5 Å². The molecule has 2 aromatic heterocycles. The Morgan fingerprint density at radius 2 is 1.80 bits per heavy atom. The second-order valence-electron chi connectivity index (χ2n) is 9.52. The molecule has 2 saturated heterocycles. The van der Waals surface area contributed by atoms with Gasteiger partial charge in [0.1, 0.15) is 17.8 Å². The average molecular weight is 489 g/mol. The lowest BCUT2D eigenvalue weighted by atomic mass is 9.86. The monoisotopic (exact) mass is 489 g/mol. The predicted octanol–water partition coefficient (Wildman–Crippen LogP) is 5.09. The number of carbonyl (C=O) groups is 1. The number of hydrogen-bond acceptors (Lipinski definition) is 5. The van der Waals surface area contributed by atoms with Gasteiger partial charge in [0, 0.05) is 23.6 Å². The van der Waals surface area contributed by atoms with Crippen LogP contribution < -0.4 is 4.74 Å². The highest BCUT2D eigenvalue weighted by atomic mass is 19.3. The fraction of sp³-hybridized carbons (Fsp3) is 0.500. The molecule has 3 aliphatic rings. The smallest absolute Gasteiger partial charge is 0.387 e. The van der Waals surface area contributed by atoms with E-state index in [0.717, 1.165) is 24.8 Å². The molecular weight excluding hydrogens is 466 g/mol. The Bertz CT molecular complexity index is 1280. The van der Waals surface area contributed by atoms with Crippen LogP contribution in [0, 0.1) is 0 Å². The summed E-state index contributed by atoms with van der Waals surface area (Å²) in [6.45, 7) is -2.98. The molecule has 2 aliphatic heterocycles. The molecule has 3 atom stereocenters. The molecule has 1 amide bonds. The number of benzene rings is 1. The lowest BCUT2D eigenvalue weighted by Gasteiger charge is -2.40. The maximum atomic E-state index is 13.8. The number of halogens is 4. The number of alkyl halides is 4. The van der Waals surface area contributed by atoms with Crippen LogP contribution in [0.1, 0.15) is 84.1 Å². The van der Waals surface area contributed by atoms with Gasteiger partial charge in [0.05, 0.1) is 5.69 Å². The number of ether oxygens (including phenoxy) is 1. The van der Waals surface area contributed by atoms with Crippen LogP contribution in [0.2, 0.25) is 0 Å². The van der Waals surface area contributed by atoms with E-state index in [9.17, 15) is 22.4 Å². The van der Waals surface area contributed by atoms with Crippen LogP contribution in [-0.4, -0.2) is 49.1 Å². The van der Waals surface area contributed by atoms with Gasteiger partial charge in [-0.2, -0.15) is 18.9 Å². The molecule has 11 heteroatoms. The maximum Gasteiger partial charge on any atom is 0.387 e. The van der Waals surface area contributed by atoms with E-state index in [2.05, 4.69) is 19.8 Å². The molecule has 184 valence electrons. The van der Waals surface area contributed by atoms with E-state index in [-0.39, 0.29) is 47.0 Å². The minimum absolute atomic E-state index is 0.00967. The molecule has 2 bridgehead atoms. The first-order valence-electron chi connectivity index (χ1n) is 11.8. The zero-order chi connectivity index (χ0) is 24.3. The van der Waals surface area contributed by atoms with Crippen LogP contribution in [0.25, 0.3) is 5.78 Å². The van der Waals surface area contributed by atoms with Crippen molar-refractivity contribution in [1.82, 2.24) is 24.5 Å². The normalized spacial score (nSPS) is 24.1. The summed E-state index contributed by atoms with van der Waals surface area (Å²) in [6.07, 6.45) is 3.34. The van der Waals surface area contributed by atoms with E-state index in [0.29, 0.717) is 30.5 Å². The fourth-order valence-corrected chi connectivity index (χ4v) is 5.76. The van der Waals surface area contributed by atoms with Crippen LogP contribution in [-0.2, 0) is 0 Å². The first-order valence-corrected chi connectivity index (χ1v) is 11.8. The molecule has 0 radical (unpaired) electrons. The summed E-state index contributed by atoms with van der Waals surface area (Å²) in [4.78, 5) is 23.5. The molecule has 1 saturated carbocycles. The van der Waals surface area contributed by atoms with Crippen LogP contribution >= 0.6 is 0 Å². The van der Waals surface area contributed by atoms with E-state index in [1.165, 1.54) is 23.0 Å². The third kappa shape index (κ3) is 4.00. The Morgan fingerprint density at radius 1 is 1.00 bits per heavy atom. The molecule has 4 heterocycles. The molecule has 0 N–H and O–H groups in total. The highest BCUT2D eigenvalue weighted by molar-refractivity contribution is 5.95. The average Bonchev–Trinajstić information content (AvgIpc) is 3.50. The number of rotatable bonds is 6. The SMILES string of the molecule is O=C(c1cc(OC(F)F)cc(C2CC2)c1)N1[C@H]2CC[C@H](c3cc(C(F)F)nc4ncnn34)[C@@H]1CC2. The van der Waals surface area contributed by atoms with Gasteiger partial charge in [-0.3, -0.25) is 4.79 Å². The van der Waals surface area contributed by atoms with E-state index >= 15 is 0 Å². The summed E-state index contributed by atoms with van der Waals surface area (Å²) in [5.41, 5.74) is 1.33. The van der Waals surface area contributed by atoms with E-state index in [1.54, 1.807) is 12.1 Å². The minimum atomic E-state index is -2.98. The third-order valence-corrected chi connectivity index (χ3v) is 7.41. The summed E-state index contributed by atoms with van der Waals surface area (Å²) in [6, 6.07) is 5.87. The molecule has 7 nitrogen and oxygen atoms in total. The van der Waals surface area contributed by atoms with Crippen molar-refractivity contribution in [3.8, 4) is 5.75 Å². The summed E-state index contributed by atoms with van der Waals surface area (Å²) < 4.78 is 59.1. The maximum absolute atomic E-state index is 13.8. The number of piperidine rings is 1. The number of aromatic nitrogens is 4. The van der Waals surface area contributed by atoms with Crippen molar-refractivity contribution in [1.29, 1.82) is 0 Å². The summed E-state index contributed by atoms with van der Waals surface area (Å²) in [5, 5.41) is 4.19. The van der Waals surface area contributed by atoms with Crippen LogP contribution in [0.15, 0.2) is 30.6 Å². The molecule has 3 aromatic rings. The van der Waals surface area contributed by atoms with Crippen molar-refractivity contribution < 1.29 is 27.1 Å². The second-order valence-corrected chi connectivity index (χ2v) is 9.52. The molecule has 35 heavy (non-hydrogen) atoms. The Labute approximate surface area is 198 Å². The Kier molecular flexibility index (Phi) is 5.37. The van der Waals surface area contributed by atoms with Gasteiger partial charge in [0.2, 0.25) is 0 Å². The molecular formula is C24H23F4N5O2. The van der Waals surface area contributed by atoms with E-state index in [4.69, 9.17) is 0 Å². The van der Waals surface area contributed by atoms with Crippen LogP contribution in [0.5, 0.6) is 5.75 Å². The van der Waals surface area contributed by atoms with Crippen molar-refractivity contribution in [3.05, 3.63) is 53.1 Å². The standard InChI is InChI=1S/C24H23F4N5O2/c25-21(26)18-10-20(33-24(31-18)29-11-30-33)17-5-3-15-4-6-19(17)32(15)22(34)14-7-13(12-1-2-12)8-16(9-14)35-23(27)28/h7-12,15,17,19,21,23H,1-6H2/t15-,17-,19-/m0/s1. The largest absolute Gasteiger partial charge is 0.435 e. The first kappa shape index (κ1) is 22.2. The Hall–Kier alpha value is -3.24. The lowest BCUT2D eigenvalue weighted by molar-refractivity contribution is -0.0499. The van der Waals surface area contributed by atoms with Gasteiger partial charge in [0.25, 0.3) is 18.1 Å². The number of fused-ring (bicyclic) bond motifs is 3. The van der Waals surface area contributed by atoms with Crippen LogP contribution in [0.3, 0.4) is 0 Å². The topological polar surface area (TPSA) is 72.6 Å². The molecule has 1 aliphatic carbocycles. The Balaban J connectivity index is 1.36. The number of carbonyl (C=O) groups excluding carboxylic acids is 1. The quantitative estimate of drug-likeness (QED) is 0.451. The van der Waals surface area contributed by atoms with Crippen LogP contribution in [0.4, 0.5) is 17.6 Å². The zero-order valence-corrected chi connectivity index (χ0v) is 18.7. The van der Waals surface area contributed by atoms with Crippen molar-refractivity contribution in [2.24, 2.45) is 0 Å². The number of amides is 1. The second kappa shape index (κ2) is 8.46. The number of nitrogens with zero attached hydrogens (tertiary/aromatic N) is 5. The van der Waals surface area contributed by atoms with Crippen molar-refractivity contribution >= 4 is 11.7 Å². The highest BCUT2D eigenvalue weighted by Crippen LogP contribution is 2.46. The van der Waals surface area contributed by atoms with Gasteiger partial charge >= 0.3 is 6.61 Å². The predicted molar refractivity (Wildman–Crippen MR) is 116 cm³/mol. The molecule has 0 spiro atoms. The highest BCUT2D eigenvalue weighted by Gasteiger charge is 2.46. The third-order valence-electron chi connectivity index (χ3n) is 7.41. The van der Waals surface area contributed by atoms with Crippen molar-refractivity contribution in [3.63, 3.8) is 0 Å². The summed E-state index contributed by atoms with van der Waals surface area (Å²) in [5.74, 6) is -0.151. The number of hydrogen-bond donors (Lipinski definition) is 0. The van der Waals surface area contributed by atoms with E-state index < -0.39 is 13.0 Å². The Morgan fingerprint density at radius 3 is 2.54 bits per heavy atom. The lowest BCUT2D eigenvalue weighted by Crippen LogP contribution is -2.47. The fourth-order valence-electron chi connectivity index (χ4n) is 5.76.